The normalized spacial score (nSPS) is 11.0. The maximum Gasteiger partial charge on any atom is 0.138 e. The number of rotatable bonds is 5. The van der Waals surface area contributed by atoms with Crippen molar-refractivity contribution in [1.29, 1.82) is 0 Å². The lowest BCUT2D eigenvalue weighted by Gasteiger charge is -2.07. The summed E-state index contributed by atoms with van der Waals surface area (Å²) >= 11 is 3.32. The number of aryl methyl sites for hydroxylation is 1. The first kappa shape index (κ1) is 15.2. The van der Waals surface area contributed by atoms with Gasteiger partial charge in [-0.3, -0.25) is 0 Å². The van der Waals surface area contributed by atoms with Crippen molar-refractivity contribution in [3.8, 4) is 11.3 Å². The largest absolute Gasteiger partial charge is 0.369 e. The van der Waals surface area contributed by atoms with Crippen molar-refractivity contribution in [2.45, 2.75) is 13.3 Å². The van der Waals surface area contributed by atoms with Crippen LogP contribution in [0.25, 0.3) is 21.5 Å². The van der Waals surface area contributed by atoms with Crippen LogP contribution >= 0.6 is 22.7 Å². The molecule has 1 N–H and O–H groups in total. The van der Waals surface area contributed by atoms with Crippen LogP contribution in [0, 0.1) is 6.92 Å². The van der Waals surface area contributed by atoms with E-state index >= 15 is 0 Å². The summed E-state index contributed by atoms with van der Waals surface area (Å²) in [7, 11) is 0. The van der Waals surface area contributed by atoms with E-state index in [9.17, 15) is 0 Å². The quantitative estimate of drug-likeness (QED) is 0.562. The fraction of sp³-hybridized carbons (Fsp3) is 0.167. The Balaban J connectivity index is 1.40. The minimum Gasteiger partial charge on any atom is -0.369 e. The molecule has 3 aromatic heterocycles. The zero-order chi connectivity index (χ0) is 16.4. The van der Waals surface area contributed by atoms with Crippen molar-refractivity contribution < 1.29 is 0 Å². The summed E-state index contributed by atoms with van der Waals surface area (Å²) in [6.45, 7) is 2.88. The molecule has 120 valence electrons. The minimum atomic E-state index is 0.844. The number of thiazole rings is 1. The lowest BCUT2D eigenvalue weighted by atomic mass is 10.1. The topological polar surface area (TPSA) is 50.7 Å². The molecule has 4 rings (SSSR count). The Bertz CT molecular complexity index is 956. The summed E-state index contributed by atoms with van der Waals surface area (Å²) < 4.78 is 0. The molecule has 0 spiro atoms. The molecule has 0 radical (unpaired) electrons. The molecule has 0 aliphatic rings. The molecule has 0 saturated heterocycles. The van der Waals surface area contributed by atoms with Gasteiger partial charge in [0, 0.05) is 17.5 Å². The van der Waals surface area contributed by atoms with Crippen molar-refractivity contribution in [3.63, 3.8) is 0 Å². The minimum absolute atomic E-state index is 0.844. The molecule has 0 saturated carbocycles. The van der Waals surface area contributed by atoms with E-state index in [1.807, 2.05) is 12.3 Å². The Kier molecular flexibility index (Phi) is 4.23. The molecule has 6 heteroatoms. The summed E-state index contributed by atoms with van der Waals surface area (Å²) in [5, 5.41) is 9.76. The van der Waals surface area contributed by atoms with Crippen molar-refractivity contribution >= 4 is 38.7 Å². The zero-order valence-corrected chi connectivity index (χ0v) is 14.8. The number of fused-ring (bicyclic) bond motifs is 1. The molecule has 0 atom stereocenters. The molecular weight excluding hydrogens is 336 g/mol. The SMILES string of the molecule is Cc1nc(-c2ccc(CCNc3ncnc4sccc34)cc2)cs1. The molecule has 3 heterocycles. The van der Waals surface area contributed by atoms with Crippen LogP contribution in [0.15, 0.2) is 47.4 Å². The lowest BCUT2D eigenvalue weighted by molar-refractivity contribution is 1.01. The maximum absolute atomic E-state index is 4.53. The number of anilines is 1. The monoisotopic (exact) mass is 352 g/mol. The highest BCUT2D eigenvalue weighted by Gasteiger charge is 2.05. The van der Waals surface area contributed by atoms with Gasteiger partial charge < -0.3 is 5.32 Å². The van der Waals surface area contributed by atoms with Gasteiger partial charge in [0.1, 0.15) is 17.0 Å². The van der Waals surface area contributed by atoms with Crippen LogP contribution in [0.4, 0.5) is 5.82 Å². The van der Waals surface area contributed by atoms with Crippen molar-refractivity contribution in [2.24, 2.45) is 0 Å². The van der Waals surface area contributed by atoms with Gasteiger partial charge >= 0.3 is 0 Å². The fourth-order valence-electron chi connectivity index (χ4n) is 2.59. The van der Waals surface area contributed by atoms with Crippen LogP contribution in [0.1, 0.15) is 10.6 Å². The van der Waals surface area contributed by atoms with Gasteiger partial charge in [-0.25, -0.2) is 15.0 Å². The highest BCUT2D eigenvalue weighted by molar-refractivity contribution is 7.16. The molecule has 0 bridgehead atoms. The van der Waals surface area contributed by atoms with Crippen LogP contribution in [0.2, 0.25) is 0 Å². The van der Waals surface area contributed by atoms with Gasteiger partial charge in [-0.15, -0.1) is 22.7 Å². The first-order valence-corrected chi connectivity index (χ1v) is 9.49. The van der Waals surface area contributed by atoms with Crippen LogP contribution in [-0.4, -0.2) is 21.5 Å². The standard InChI is InChI=1S/C18H16N4S2/c1-12-22-16(10-24-12)14-4-2-13(3-5-14)6-8-19-17-15-7-9-23-18(15)21-11-20-17/h2-5,7,9-11H,6,8H2,1H3,(H,19,20,21). The van der Waals surface area contributed by atoms with Crippen LogP contribution in [0.5, 0.6) is 0 Å². The Morgan fingerprint density at radius 1 is 1.04 bits per heavy atom. The molecule has 0 aliphatic carbocycles. The number of nitrogens with zero attached hydrogens (tertiary/aromatic N) is 3. The van der Waals surface area contributed by atoms with Gasteiger partial charge in [-0.05, 0) is 30.4 Å². The van der Waals surface area contributed by atoms with E-state index in [4.69, 9.17) is 0 Å². The van der Waals surface area contributed by atoms with Gasteiger partial charge in [0.25, 0.3) is 0 Å². The molecule has 0 unspecified atom stereocenters. The average molecular weight is 352 g/mol. The second-order valence-corrected chi connectivity index (χ2v) is 7.44. The van der Waals surface area contributed by atoms with E-state index in [0.717, 1.165) is 39.7 Å². The number of nitrogens with one attached hydrogen (secondary N) is 1. The predicted octanol–water partition coefficient (Wildman–Crippen LogP) is 4.78. The molecule has 0 fully saturated rings. The number of thiophene rings is 1. The second kappa shape index (κ2) is 6.67. The molecule has 24 heavy (non-hydrogen) atoms. The highest BCUT2D eigenvalue weighted by atomic mass is 32.1. The van der Waals surface area contributed by atoms with Crippen LogP contribution in [0.3, 0.4) is 0 Å². The molecule has 4 aromatic rings. The number of hydrogen-bond acceptors (Lipinski definition) is 6. The molecule has 1 aromatic carbocycles. The van der Waals surface area contributed by atoms with Gasteiger partial charge in [0.15, 0.2) is 0 Å². The number of aromatic nitrogens is 3. The Hall–Kier alpha value is -2.31. The third kappa shape index (κ3) is 3.16. The van der Waals surface area contributed by atoms with E-state index in [2.05, 4.69) is 56.0 Å². The summed E-state index contributed by atoms with van der Waals surface area (Å²) in [5.74, 6) is 0.913. The summed E-state index contributed by atoms with van der Waals surface area (Å²) in [6, 6.07) is 10.7. The first-order chi connectivity index (χ1) is 11.8. The Labute approximate surface area is 148 Å². The Morgan fingerprint density at radius 2 is 1.92 bits per heavy atom. The van der Waals surface area contributed by atoms with E-state index < -0.39 is 0 Å². The lowest BCUT2D eigenvalue weighted by Crippen LogP contribution is -2.06. The third-order valence-corrected chi connectivity index (χ3v) is 5.43. The predicted molar refractivity (Wildman–Crippen MR) is 102 cm³/mol. The smallest absolute Gasteiger partial charge is 0.138 e. The van der Waals surface area contributed by atoms with Crippen molar-refractivity contribution in [1.82, 2.24) is 15.0 Å². The van der Waals surface area contributed by atoms with Crippen LogP contribution < -0.4 is 5.32 Å². The summed E-state index contributed by atoms with van der Waals surface area (Å²) in [4.78, 5) is 14.2. The van der Waals surface area contributed by atoms with Crippen LogP contribution in [-0.2, 0) is 6.42 Å². The van der Waals surface area contributed by atoms with E-state index in [0.29, 0.717) is 0 Å². The zero-order valence-electron chi connectivity index (χ0n) is 13.2. The molecular formula is C18H16N4S2. The van der Waals surface area contributed by atoms with Gasteiger partial charge in [-0.2, -0.15) is 0 Å². The third-order valence-electron chi connectivity index (χ3n) is 3.84. The van der Waals surface area contributed by atoms with E-state index in [-0.39, 0.29) is 0 Å². The number of benzene rings is 1. The van der Waals surface area contributed by atoms with E-state index in [1.54, 1.807) is 29.0 Å². The second-order valence-electron chi connectivity index (χ2n) is 5.49. The average Bonchev–Trinajstić information content (AvgIpc) is 3.25. The van der Waals surface area contributed by atoms with Gasteiger partial charge in [0.2, 0.25) is 0 Å². The van der Waals surface area contributed by atoms with E-state index in [1.165, 1.54) is 11.1 Å². The van der Waals surface area contributed by atoms with Crippen molar-refractivity contribution in [3.05, 3.63) is 58.0 Å². The van der Waals surface area contributed by atoms with Crippen molar-refractivity contribution in [2.75, 3.05) is 11.9 Å². The highest BCUT2D eigenvalue weighted by Crippen LogP contribution is 2.24. The summed E-state index contributed by atoms with van der Waals surface area (Å²) in [5.41, 5.74) is 3.53. The number of hydrogen-bond donors (Lipinski definition) is 1. The molecule has 0 amide bonds. The summed E-state index contributed by atoms with van der Waals surface area (Å²) in [6.07, 6.45) is 2.57. The first-order valence-electron chi connectivity index (χ1n) is 7.73. The maximum atomic E-state index is 4.53. The Morgan fingerprint density at radius 3 is 2.71 bits per heavy atom. The molecule has 0 aliphatic heterocycles. The fourth-order valence-corrected chi connectivity index (χ4v) is 3.95. The van der Waals surface area contributed by atoms with Gasteiger partial charge in [-0.1, -0.05) is 24.3 Å². The van der Waals surface area contributed by atoms with Gasteiger partial charge in [0.05, 0.1) is 16.1 Å². The molecule has 4 nitrogen and oxygen atoms in total.